The molecule has 1 heterocycles. The number of amides is 1. The van der Waals surface area contributed by atoms with Crippen LogP contribution in [-0.4, -0.2) is 26.3 Å². The molecule has 0 fully saturated rings. The van der Waals surface area contributed by atoms with Gasteiger partial charge in [-0.1, -0.05) is 11.8 Å². The van der Waals surface area contributed by atoms with Gasteiger partial charge in [0.1, 0.15) is 0 Å². The highest BCUT2D eigenvalue weighted by molar-refractivity contribution is 8.00. The van der Waals surface area contributed by atoms with Crippen molar-refractivity contribution >= 4 is 17.7 Å². The first-order chi connectivity index (χ1) is 5.59. The van der Waals surface area contributed by atoms with E-state index in [0.717, 1.165) is 11.8 Å². The number of carbonyl (C=O) groups is 1. The van der Waals surface area contributed by atoms with Gasteiger partial charge < -0.3 is 5.73 Å². The van der Waals surface area contributed by atoms with E-state index in [4.69, 9.17) is 5.73 Å². The van der Waals surface area contributed by atoms with Crippen molar-refractivity contribution < 1.29 is 4.79 Å². The van der Waals surface area contributed by atoms with Gasteiger partial charge in [-0.05, 0) is 6.92 Å². The van der Waals surface area contributed by atoms with Crippen LogP contribution < -0.4 is 11.4 Å². The van der Waals surface area contributed by atoms with E-state index in [1.54, 1.807) is 6.92 Å². The molecule has 7 heteroatoms. The molecule has 66 valence electrons. The van der Waals surface area contributed by atoms with Crippen LogP contribution in [0, 0.1) is 0 Å². The van der Waals surface area contributed by atoms with Gasteiger partial charge >= 0.3 is 5.69 Å². The van der Waals surface area contributed by atoms with Gasteiger partial charge in [0.2, 0.25) is 5.91 Å². The number of nitrogens with two attached hydrogens (primary N) is 1. The summed E-state index contributed by atoms with van der Waals surface area (Å²) in [4.78, 5) is 23.5. The Morgan fingerprint density at radius 2 is 2.42 bits per heavy atom. The number of hydrogen-bond acceptors (Lipinski definition) is 4. The minimum Gasteiger partial charge on any atom is -0.369 e. The number of nitrogens with zero attached hydrogens (tertiary/aromatic N) is 1. The van der Waals surface area contributed by atoms with Crippen molar-refractivity contribution in [1.82, 2.24) is 15.2 Å². The molecule has 0 aliphatic heterocycles. The zero-order chi connectivity index (χ0) is 9.14. The number of aromatic amines is 2. The van der Waals surface area contributed by atoms with Crippen LogP contribution in [-0.2, 0) is 4.79 Å². The molecule has 6 nitrogen and oxygen atoms in total. The smallest absolute Gasteiger partial charge is 0.341 e. The molecule has 1 rings (SSSR count). The molecule has 0 aliphatic rings. The molecular formula is C5H8N4O2S. The number of aromatic nitrogens is 3. The molecular weight excluding hydrogens is 180 g/mol. The molecule has 1 unspecified atom stereocenters. The highest BCUT2D eigenvalue weighted by atomic mass is 32.2. The maximum absolute atomic E-state index is 10.6. The second kappa shape index (κ2) is 3.44. The van der Waals surface area contributed by atoms with Gasteiger partial charge in [0, 0.05) is 0 Å². The van der Waals surface area contributed by atoms with Gasteiger partial charge in [0.05, 0.1) is 5.25 Å². The quantitative estimate of drug-likeness (QED) is 0.532. The summed E-state index contributed by atoms with van der Waals surface area (Å²) in [6.07, 6.45) is 0. The fourth-order valence-corrected chi connectivity index (χ4v) is 1.24. The molecule has 0 aromatic carbocycles. The predicted octanol–water partition coefficient (Wildman–Crippen LogP) is -0.936. The third-order valence-electron chi connectivity index (χ3n) is 1.17. The monoisotopic (exact) mass is 188 g/mol. The van der Waals surface area contributed by atoms with Crippen LogP contribution in [0.1, 0.15) is 6.92 Å². The van der Waals surface area contributed by atoms with Crippen molar-refractivity contribution in [1.29, 1.82) is 0 Å². The van der Waals surface area contributed by atoms with E-state index in [-0.39, 0.29) is 0 Å². The van der Waals surface area contributed by atoms with E-state index in [1.165, 1.54) is 0 Å². The average molecular weight is 188 g/mol. The third kappa shape index (κ3) is 2.12. The standard InChI is InChI=1S/C5H8N4O2S/c1-2(3(6)10)12-5-7-4(11)8-9-5/h2H,1H3,(H2,6,10)(H2,7,8,9,11). The minimum absolute atomic E-state index is 0.367. The second-order valence-corrected chi connectivity index (χ2v) is 3.47. The first-order valence-electron chi connectivity index (χ1n) is 3.20. The minimum atomic E-state index is -0.441. The molecule has 1 amide bonds. The van der Waals surface area contributed by atoms with Gasteiger partial charge in [0.15, 0.2) is 5.16 Å². The molecule has 0 radical (unpaired) electrons. The van der Waals surface area contributed by atoms with Gasteiger partial charge in [-0.2, -0.15) is 0 Å². The van der Waals surface area contributed by atoms with Crippen molar-refractivity contribution in [2.75, 3.05) is 0 Å². The molecule has 0 aliphatic carbocycles. The lowest BCUT2D eigenvalue weighted by Gasteiger charge is -2.01. The zero-order valence-corrected chi connectivity index (χ0v) is 7.14. The number of thioether (sulfide) groups is 1. The Bertz CT molecular complexity index is 330. The number of rotatable bonds is 3. The van der Waals surface area contributed by atoms with Crippen molar-refractivity contribution in [3.63, 3.8) is 0 Å². The van der Waals surface area contributed by atoms with Gasteiger partial charge in [0.25, 0.3) is 0 Å². The highest BCUT2D eigenvalue weighted by Crippen LogP contribution is 2.16. The van der Waals surface area contributed by atoms with Crippen LogP contribution >= 0.6 is 11.8 Å². The van der Waals surface area contributed by atoms with E-state index >= 15 is 0 Å². The van der Waals surface area contributed by atoms with Gasteiger partial charge in [-0.25, -0.2) is 9.89 Å². The molecule has 1 aromatic heterocycles. The molecule has 1 atom stereocenters. The van der Waals surface area contributed by atoms with Crippen molar-refractivity contribution in [3.05, 3.63) is 10.5 Å². The number of carbonyl (C=O) groups excluding carboxylic acids is 1. The molecule has 0 saturated carbocycles. The van der Waals surface area contributed by atoms with E-state index in [0.29, 0.717) is 5.16 Å². The summed E-state index contributed by atoms with van der Waals surface area (Å²) in [7, 11) is 0. The topological polar surface area (TPSA) is 105 Å². The Kier molecular flexibility index (Phi) is 2.54. The summed E-state index contributed by atoms with van der Waals surface area (Å²) in [5, 5.41) is 5.75. The van der Waals surface area contributed by atoms with E-state index in [9.17, 15) is 9.59 Å². The lowest BCUT2D eigenvalue weighted by molar-refractivity contribution is -0.117. The zero-order valence-electron chi connectivity index (χ0n) is 6.33. The van der Waals surface area contributed by atoms with Crippen LogP contribution in [0.2, 0.25) is 0 Å². The first-order valence-corrected chi connectivity index (χ1v) is 4.08. The Hall–Kier alpha value is -1.24. The number of primary amides is 1. The maximum atomic E-state index is 10.6. The Labute approximate surface area is 71.9 Å². The summed E-state index contributed by atoms with van der Waals surface area (Å²) in [5.74, 6) is -0.441. The maximum Gasteiger partial charge on any atom is 0.341 e. The SMILES string of the molecule is CC(Sc1n[nH]c(=O)[nH]1)C(N)=O. The molecule has 12 heavy (non-hydrogen) atoms. The predicted molar refractivity (Wildman–Crippen MR) is 43.7 cm³/mol. The average Bonchev–Trinajstić information content (AvgIpc) is 2.35. The summed E-state index contributed by atoms with van der Waals surface area (Å²) in [6, 6.07) is 0. The van der Waals surface area contributed by atoms with Crippen LogP contribution in [0.15, 0.2) is 9.95 Å². The van der Waals surface area contributed by atoms with Crippen LogP contribution in [0.25, 0.3) is 0 Å². The number of H-pyrrole nitrogens is 2. The Balaban J connectivity index is 2.64. The van der Waals surface area contributed by atoms with Crippen LogP contribution in [0.3, 0.4) is 0 Å². The number of hydrogen-bond donors (Lipinski definition) is 3. The molecule has 1 aromatic rings. The first kappa shape index (κ1) is 8.85. The highest BCUT2D eigenvalue weighted by Gasteiger charge is 2.12. The summed E-state index contributed by atoms with van der Waals surface area (Å²) in [6.45, 7) is 1.64. The fourth-order valence-electron chi connectivity index (χ4n) is 0.536. The molecule has 0 bridgehead atoms. The van der Waals surface area contributed by atoms with Crippen molar-refractivity contribution in [2.24, 2.45) is 5.73 Å². The molecule has 4 N–H and O–H groups in total. The van der Waals surface area contributed by atoms with Crippen LogP contribution in [0.4, 0.5) is 0 Å². The lowest BCUT2D eigenvalue weighted by Crippen LogP contribution is -2.22. The van der Waals surface area contributed by atoms with Gasteiger partial charge in [-0.15, -0.1) is 5.10 Å². The lowest BCUT2D eigenvalue weighted by atomic mass is 10.5. The van der Waals surface area contributed by atoms with Crippen molar-refractivity contribution in [2.45, 2.75) is 17.3 Å². The van der Waals surface area contributed by atoms with E-state index < -0.39 is 16.8 Å². The Morgan fingerprint density at radius 3 is 2.83 bits per heavy atom. The third-order valence-corrected chi connectivity index (χ3v) is 2.17. The largest absolute Gasteiger partial charge is 0.369 e. The Morgan fingerprint density at radius 1 is 1.75 bits per heavy atom. The van der Waals surface area contributed by atoms with Gasteiger partial charge in [-0.3, -0.25) is 9.78 Å². The van der Waals surface area contributed by atoms with E-state index in [1.807, 2.05) is 0 Å². The van der Waals surface area contributed by atoms with E-state index in [2.05, 4.69) is 15.2 Å². The van der Waals surface area contributed by atoms with Crippen LogP contribution in [0.5, 0.6) is 0 Å². The van der Waals surface area contributed by atoms with Crippen molar-refractivity contribution in [3.8, 4) is 0 Å². The summed E-state index contributed by atoms with van der Waals surface area (Å²) >= 11 is 1.10. The number of nitrogens with one attached hydrogen (secondary N) is 2. The summed E-state index contributed by atoms with van der Waals surface area (Å²) < 4.78 is 0. The normalized spacial score (nSPS) is 12.8. The second-order valence-electron chi connectivity index (χ2n) is 2.15. The molecule has 0 saturated heterocycles. The fraction of sp³-hybridized carbons (Fsp3) is 0.400. The summed E-state index contributed by atoms with van der Waals surface area (Å²) in [5.41, 5.74) is 4.61. The molecule has 0 spiro atoms.